The zero-order chi connectivity index (χ0) is 13.9. The summed E-state index contributed by atoms with van der Waals surface area (Å²) in [6.07, 6.45) is 4.00. The average molecular weight is 280 g/mol. The van der Waals surface area contributed by atoms with Gasteiger partial charge in [0, 0.05) is 23.3 Å². The molecule has 1 fully saturated rings. The predicted octanol–water partition coefficient (Wildman–Crippen LogP) is 3.05. The predicted molar refractivity (Wildman–Crippen MR) is 83.7 cm³/mol. The summed E-state index contributed by atoms with van der Waals surface area (Å²) in [5.74, 6) is 3.47. The molecule has 0 saturated carbocycles. The molecule has 1 aliphatic heterocycles. The van der Waals surface area contributed by atoms with Gasteiger partial charge in [-0.25, -0.2) is 9.97 Å². The summed E-state index contributed by atoms with van der Waals surface area (Å²) < 4.78 is 0. The van der Waals surface area contributed by atoms with Crippen LogP contribution in [0.4, 0.5) is 11.6 Å². The van der Waals surface area contributed by atoms with Crippen molar-refractivity contribution in [2.24, 2.45) is 0 Å². The Kier molecular flexibility index (Phi) is 4.55. The Bertz CT molecular complexity index is 422. The second kappa shape index (κ2) is 5.99. The van der Waals surface area contributed by atoms with Gasteiger partial charge in [-0.15, -0.1) is 0 Å². The van der Waals surface area contributed by atoms with E-state index in [1.54, 1.807) is 0 Å². The van der Waals surface area contributed by atoms with Crippen LogP contribution in [-0.4, -0.2) is 27.5 Å². The van der Waals surface area contributed by atoms with Gasteiger partial charge in [-0.05, 0) is 18.6 Å². The molecule has 0 aliphatic carbocycles. The second-order valence-corrected chi connectivity index (χ2v) is 7.53. The van der Waals surface area contributed by atoms with Crippen LogP contribution in [-0.2, 0) is 5.41 Å². The monoisotopic (exact) mass is 280 g/mol. The van der Waals surface area contributed by atoms with Crippen molar-refractivity contribution < 1.29 is 0 Å². The van der Waals surface area contributed by atoms with E-state index in [4.69, 9.17) is 5.73 Å². The van der Waals surface area contributed by atoms with Crippen molar-refractivity contribution in [3.8, 4) is 0 Å². The van der Waals surface area contributed by atoms with Gasteiger partial charge in [0.25, 0.3) is 0 Å². The van der Waals surface area contributed by atoms with Gasteiger partial charge in [-0.2, -0.15) is 11.8 Å². The molecule has 106 valence electrons. The van der Waals surface area contributed by atoms with Crippen LogP contribution in [0.3, 0.4) is 0 Å². The molecule has 1 aromatic heterocycles. The number of nitrogens with one attached hydrogen (secondary N) is 1. The lowest BCUT2D eigenvalue weighted by atomic mass is 9.96. The Morgan fingerprint density at radius 3 is 2.79 bits per heavy atom. The highest BCUT2D eigenvalue weighted by Crippen LogP contribution is 2.26. The smallest absolute Gasteiger partial charge is 0.138 e. The van der Waals surface area contributed by atoms with Crippen LogP contribution in [0.2, 0.25) is 0 Å². The summed E-state index contributed by atoms with van der Waals surface area (Å²) in [5.41, 5.74) is 5.79. The van der Waals surface area contributed by atoms with E-state index in [2.05, 4.69) is 47.8 Å². The summed E-state index contributed by atoms with van der Waals surface area (Å²) in [4.78, 5) is 8.90. The molecule has 2 heterocycles. The number of nitrogens with zero attached hydrogens (tertiary/aromatic N) is 2. The zero-order valence-electron chi connectivity index (χ0n) is 12.1. The van der Waals surface area contributed by atoms with Gasteiger partial charge in [0.1, 0.15) is 17.5 Å². The van der Waals surface area contributed by atoms with E-state index in [0.717, 1.165) is 18.2 Å². The molecule has 0 amide bonds. The first-order valence-corrected chi connectivity index (χ1v) is 8.00. The standard InChI is InChI=1S/C14H24N4S/c1-14(2,3)13-17-11(15)8-12(18-13)16-9-10-6-4-5-7-19-10/h8,10H,4-7,9H2,1-3H3,(H3,15,16,17,18). The van der Waals surface area contributed by atoms with Gasteiger partial charge in [0.15, 0.2) is 0 Å². The van der Waals surface area contributed by atoms with Gasteiger partial charge in [-0.1, -0.05) is 27.2 Å². The third kappa shape index (κ3) is 4.27. The van der Waals surface area contributed by atoms with Gasteiger partial charge < -0.3 is 11.1 Å². The quantitative estimate of drug-likeness (QED) is 0.891. The van der Waals surface area contributed by atoms with Crippen molar-refractivity contribution in [2.75, 3.05) is 23.3 Å². The number of aromatic nitrogens is 2. The fourth-order valence-corrected chi connectivity index (χ4v) is 3.32. The Hall–Kier alpha value is -0.970. The van der Waals surface area contributed by atoms with Crippen LogP contribution in [0.25, 0.3) is 0 Å². The third-order valence-electron chi connectivity index (χ3n) is 3.20. The molecule has 1 aliphatic rings. The molecule has 0 bridgehead atoms. The molecular weight excluding hydrogens is 256 g/mol. The SMILES string of the molecule is CC(C)(C)c1nc(N)cc(NCC2CCCCS2)n1. The molecule has 1 unspecified atom stereocenters. The van der Waals surface area contributed by atoms with Crippen LogP contribution < -0.4 is 11.1 Å². The molecule has 1 atom stereocenters. The molecule has 0 spiro atoms. The average Bonchev–Trinajstić information content (AvgIpc) is 2.36. The maximum absolute atomic E-state index is 5.87. The number of hydrogen-bond donors (Lipinski definition) is 2. The van der Waals surface area contributed by atoms with Gasteiger partial charge in [-0.3, -0.25) is 0 Å². The van der Waals surface area contributed by atoms with Crippen LogP contribution in [0.5, 0.6) is 0 Å². The van der Waals surface area contributed by atoms with Crippen LogP contribution in [0.1, 0.15) is 45.9 Å². The number of thioether (sulfide) groups is 1. The Morgan fingerprint density at radius 1 is 1.37 bits per heavy atom. The molecule has 19 heavy (non-hydrogen) atoms. The molecule has 4 nitrogen and oxygen atoms in total. The summed E-state index contributed by atoms with van der Waals surface area (Å²) >= 11 is 2.06. The fourth-order valence-electron chi connectivity index (χ4n) is 2.08. The minimum atomic E-state index is -0.0780. The fraction of sp³-hybridized carbons (Fsp3) is 0.714. The first-order chi connectivity index (χ1) is 8.95. The lowest BCUT2D eigenvalue weighted by Crippen LogP contribution is -2.22. The largest absolute Gasteiger partial charge is 0.384 e. The van der Waals surface area contributed by atoms with E-state index < -0.39 is 0 Å². The number of anilines is 2. The van der Waals surface area contributed by atoms with Crippen LogP contribution in [0, 0.1) is 0 Å². The summed E-state index contributed by atoms with van der Waals surface area (Å²) in [7, 11) is 0. The highest BCUT2D eigenvalue weighted by molar-refractivity contribution is 7.99. The second-order valence-electron chi connectivity index (χ2n) is 6.12. The molecule has 1 saturated heterocycles. The van der Waals surface area contributed by atoms with Crippen molar-refractivity contribution in [2.45, 2.75) is 50.7 Å². The van der Waals surface area contributed by atoms with Gasteiger partial charge in [0.2, 0.25) is 0 Å². The molecule has 0 aromatic carbocycles. The van der Waals surface area contributed by atoms with E-state index in [9.17, 15) is 0 Å². The zero-order valence-corrected chi connectivity index (χ0v) is 12.9. The summed E-state index contributed by atoms with van der Waals surface area (Å²) in [6.45, 7) is 7.26. The lowest BCUT2D eigenvalue weighted by Gasteiger charge is -2.22. The van der Waals surface area contributed by atoms with E-state index in [1.807, 2.05) is 6.07 Å². The first kappa shape index (κ1) is 14.4. The highest BCUT2D eigenvalue weighted by Gasteiger charge is 2.19. The van der Waals surface area contributed by atoms with Crippen molar-refractivity contribution in [1.82, 2.24) is 9.97 Å². The number of nitrogen functional groups attached to an aromatic ring is 1. The van der Waals surface area contributed by atoms with E-state index in [0.29, 0.717) is 11.1 Å². The van der Waals surface area contributed by atoms with E-state index in [1.165, 1.54) is 25.0 Å². The Labute approximate surface area is 120 Å². The van der Waals surface area contributed by atoms with E-state index in [-0.39, 0.29) is 5.41 Å². The number of nitrogens with two attached hydrogens (primary N) is 1. The molecule has 0 radical (unpaired) electrons. The van der Waals surface area contributed by atoms with Gasteiger partial charge >= 0.3 is 0 Å². The third-order valence-corrected chi connectivity index (χ3v) is 4.60. The molecule has 2 rings (SSSR count). The van der Waals surface area contributed by atoms with Crippen molar-refractivity contribution in [1.29, 1.82) is 0 Å². The number of hydrogen-bond acceptors (Lipinski definition) is 5. The van der Waals surface area contributed by atoms with E-state index >= 15 is 0 Å². The van der Waals surface area contributed by atoms with Crippen molar-refractivity contribution in [3.63, 3.8) is 0 Å². The topological polar surface area (TPSA) is 63.8 Å². The summed E-state index contributed by atoms with van der Waals surface area (Å²) in [5, 5.41) is 4.11. The highest BCUT2D eigenvalue weighted by atomic mass is 32.2. The minimum Gasteiger partial charge on any atom is -0.384 e. The lowest BCUT2D eigenvalue weighted by molar-refractivity contribution is 0.547. The van der Waals surface area contributed by atoms with Crippen molar-refractivity contribution in [3.05, 3.63) is 11.9 Å². The molecule has 3 N–H and O–H groups in total. The number of rotatable bonds is 3. The Morgan fingerprint density at radius 2 is 2.16 bits per heavy atom. The maximum Gasteiger partial charge on any atom is 0.138 e. The normalized spacial score (nSPS) is 20.3. The van der Waals surface area contributed by atoms with Crippen LogP contribution in [0.15, 0.2) is 6.07 Å². The molecule has 5 heteroatoms. The van der Waals surface area contributed by atoms with Crippen LogP contribution >= 0.6 is 11.8 Å². The van der Waals surface area contributed by atoms with Gasteiger partial charge in [0.05, 0.1) is 0 Å². The summed E-state index contributed by atoms with van der Waals surface area (Å²) in [6, 6.07) is 1.82. The molecule has 1 aromatic rings. The maximum atomic E-state index is 5.87. The first-order valence-electron chi connectivity index (χ1n) is 6.95. The Balaban J connectivity index is 2.01. The minimum absolute atomic E-state index is 0.0780. The molecular formula is C14H24N4S. The van der Waals surface area contributed by atoms with Crippen molar-refractivity contribution >= 4 is 23.4 Å².